The van der Waals surface area contributed by atoms with Crippen molar-refractivity contribution in [3.8, 4) is 11.4 Å². The number of pyridine rings is 1. The fraction of sp³-hybridized carbons (Fsp3) is 0.267. The van der Waals surface area contributed by atoms with Crippen LogP contribution in [0.25, 0.3) is 11.4 Å². The van der Waals surface area contributed by atoms with Crippen LogP contribution in [0, 0.1) is 0 Å². The van der Waals surface area contributed by atoms with E-state index in [0.717, 1.165) is 5.56 Å². The average Bonchev–Trinajstić information content (AvgIpc) is 2.97. The van der Waals surface area contributed by atoms with Crippen molar-refractivity contribution in [2.45, 2.75) is 18.6 Å². The van der Waals surface area contributed by atoms with Crippen molar-refractivity contribution in [2.75, 3.05) is 12.3 Å². The molecular formula is C15H18N6O2S. The molecule has 0 aliphatic rings. The second kappa shape index (κ2) is 8.82. The normalized spacial score (nSPS) is 10.2. The maximum Gasteiger partial charge on any atom is 0.321 e. The van der Waals surface area contributed by atoms with E-state index in [1.165, 1.54) is 11.8 Å². The molecule has 24 heavy (non-hydrogen) atoms. The third-order valence-corrected chi connectivity index (χ3v) is 3.86. The van der Waals surface area contributed by atoms with Crippen LogP contribution < -0.4 is 10.6 Å². The Bertz CT molecular complexity index is 716. The Labute approximate surface area is 143 Å². The van der Waals surface area contributed by atoms with Crippen LogP contribution >= 0.6 is 11.8 Å². The van der Waals surface area contributed by atoms with Crippen molar-refractivity contribution in [1.29, 1.82) is 0 Å². The number of aromatic nitrogens is 4. The molecule has 0 spiro atoms. The minimum atomic E-state index is -0.506. The minimum absolute atomic E-state index is 0.0583. The van der Waals surface area contributed by atoms with Crippen molar-refractivity contribution in [2.24, 2.45) is 0 Å². The lowest BCUT2D eigenvalue weighted by molar-refractivity contribution is -0.117. The van der Waals surface area contributed by atoms with Gasteiger partial charge in [0, 0.05) is 31.0 Å². The third kappa shape index (κ3) is 4.66. The van der Waals surface area contributed by atoms with E-state index in [1.54, 1.807) is 25.4 Å². The highest BCUT2D eigenvalue weighted by atomic mass is 32.2. The van der Waals surface area contributed by atoms with Crippen LogP contribution in [0.5, 0.6) is 0 Å². The highest BCUT2D eigenvalue weighted by Crippen LogP contribution is 2.23. The number of urea groups is 1. The number of carbonyl (C=O) groups is 2. The molecule has 2 heterocycles. The second-order valence-corrected chi connectivity index (χ2v) is 5.58. The summed E-state index contributed by atoms with van der Waals surface area (Å²) in [6, 6.07) is 3.16. The Morgan fingerprint density at radius 3 is 2.75 bits per heavy atom. The monoisotopic (exact) mass is 346 g/mol. The van der Waals surface area contributed by atoms with Crippen molar-refractivity contribution >= 4 is 23.7 Å². The van der Waals surface area contributed by atoms with Gasteiger partial charge >= 0.3 is 6.03 Å². The lowest BCUT2D eigenvalue weighted by atomic mass is 10.2. The Balaban J connectivity index is 2.08. The molecule has 0 saturated carbocycles. The Morgan fingerprint density at radius 2 is 2.08 bits per heavy atom. The van der Waals surface area contributed by atoms with Crippen molar-refractivity contribution in [1.82, 2.24) is 30.4 Å². The first-order valence-corrected chi connectivity index (χ1v) is 8.29. The van der Waals surface area contributed by atoms with Crippen LogP contribution in [-0.2, 0) is 11.3 Å². The zero-order valence-electron chi connectivity index (χ0n) is 13.2. The largest absolute Gasteiger partial charge is 0.338 e. The van der Waals surface area contributed by atoms with E-state index in [9.17, 15) is 9.59 Å². The molecule has 8 nitrogen and oxygen atoms in total. The molecule has 0 radical (unpaired) electrons. The third-order valence-electron chi connectivity index (χ3n) is 2.89. The SMILES string of the molecule is C=CCn1c(SCC(=O)NC(=O)NCC)nnc1-c1ccncc1. The number of imide groups is 1. The molecule has 0 aliphatic heterocycles. The summed E-state index contributed by atoms with van der Waals surface area (Å²) in [6.07, 6.45) is 5.08. The van der Waals surface area contributed by atoms with Gasteiger partial charge in [0.2, 0.25) is 5.91 Å². The van der Waals surface area contributed by atoms with E-state index in [0.29, 0.717) is 24.1 Å². The molecule has 2 aromatic rings. The van der Waals surface area contributed by atoms with Gasteiger partial charge in [-0.05, 0) is 19.1 Å². The van der Waals surface area contributed by atoms with Crippen molar-refractivity contribution in [3.05, 3.63) is 37.2 Å². The van der Waals surface area contributed by atoms with E-state index < -0.39 is 11.9 Å². The van der Waals surface area contributed by atoms with Crippen LogP contribution in [-0.4, -0.2) is 44.0 Å². The van der Waals surface area contributed by atoms with Gasteiger partial charge in [-0.3, -0.25) is 19.7 Å². The number of thioether (sulfide) groups is 1. The van der Waals surface area contributed by atoms with E-state index >= 15 is 0 Å². The number of hydrogen-bond acceptors (Lipinski definition) is 6. The quantitative estimate of drug-likeness (QED) is 0.581. The predicted octanol–water partition coefficient (Wildman–Crippen LogP) is 1.46. The fourth-order valence-corrected chi connectivity index (χ4v) is 2.65. The molecule has 0 aliphatic carbocycles. The molecule has 9 heteroatoms. The number of carbonyl (C=O) groups excluding carboxylic acids is 2. The Morgan fingerprint density at radius 1 is 1.33 bits per heavy atom. The number of nitrogens with one attached hydrogen (secondary N) is 2. The van der Waals surface area contributed by atoms with E-state index in [-0.39, 0.29) is 5.75 Å². The average molecular weight is 346 g/mol. The molecule has 126 valence electrons. The molecule has 2 aromatic heterocycles. The van der Waals surface area contributed by atoms with Crippen LogP contribution in [0.15, 0.2) is 42.3 Å². The molecule has 2 N–H and O–H groups in total. The van der Waals surface area contributed by atoms with Crippen molar-refractivity contribution in [3.63, 3.8) is 0 Å². The highest BCUT2D eigenvalue weighted by molar-refractivity contribution is 7.99. The van der Waals surface area contributed by atoms with Gasteiger partial charge in [-0.1, -0.05) is 17.8 Å². The second-order valence-electron chi connectivity index (χ2n) is 4.64. The van der Waals surface area contributed by atoms with Gasteiger partial charge in [-0.2, -0.15) is 0 Å². The van der Waals surface area contributed by atoms with Crippen LogP contribution in [0.1, 0.15) is 6.92 Å². The molecule has 0 aromatic carbocycles. The van der Waals surface area contributed by atoms with Gasteiger partial charge in [-0.25, -0.2) is 4.79 Å². The van der Waals surface area contributed by atoms with Crippen LogP contribution in [0.4, 0.5) is 4.79 Å². The molecular weight excluding hydrogens is 328 g/mol. The maximum absolute atomic E-state index is 11.8. The summed E-state index contributed by atoms with van der Waals surface area (Å²) in [5.74, 6) is 0.330. The molecule has 0 atom stereocenters. The zero-order chi connectivity index (χ0) is 17.4. The summed E-state index contributed by atoms with van der Waals surface area (Å²) in [5.41, 5.74) is 0.873. The lowest BCUT2D eigenvalue weighted by Crippen LogP contribution is -2.40. The van der Waals surface area contributed by atoms with Gasteiger partial charge in [0.1, 0.15) is 0 Å². The van der Waals surface area contributed by atoms with Gasteiger partial charge in [0.25, 0.3) is 0 Å². The first kappa shape index (κ1) is 17.7. The van der Waals surface area contributed by atoms with Crippen LogP contribution in [0.3, 0.4) is 0 Å². The standard InChI is InChI=1S/C15H18N6O2S/c1-3-9-21-13(11-5-7-16-8-6-11)19-20-15(21)24-10-12(22)18-14(23)17-4-2/h3,5-8H,1,4,9-10H2,2H3,(H2,17,18,22,23). The molecule has 0 bridgehead atoms. The first-order valence-electron chi connectivity index (χ1n) is 7.30. The predicted molar refractivity (Wildman–Crippen MR) is 91.4 cm³/mol. The number of rotatable bonds is 7. The summed E-state index contributed by atoms with van der Waals surface area (Å²) < 4.78 is 1.85. The zero-order valence-corrected chi connectivity index (χ0v) is 14.0. The summed E-state index contributed by atoms with van der Waals surface area (Å²) >= 11 is 1.20. The van der Waals surface area contributed by atoms with Gasteiger partial charge < -0.3 is 5.32 Å². The van der Waals surface area contributed by atoms with Crippen molar-refractivity contribution < 1.29 is 9.59 Å². The lowest BCUT2D eigenvalue weighted by Gasteiger charge is -2.08. The first-order chi connectivity index (χ1) is 11.7. The van der Waals surface area contributed by atoms with E-state index in [2.05, 4.69) is 32.4 Å². The molecule has 2 rings (SSSR count). The highest BCUT2D eigenvalue weighted by Gasteiger charge is 2.15. The van der Waals surface area contributed by atoms with E-state index in [1.807, 2.05) is 16.7 Å². The molecule has 0 unspecified atom stereocenters. The minimum Gasteiger partial charge on any atom is -0.338 e. The molecule has 0 fully saturated rings. The fourth-order valence-electron chi connectivity index (χ4n) is 1.90. The smallest absolute Gasteiger partial charge is 0.321 e. The number of nitrogens with zero attached hydrogens (tertiary/aromatic N) is 4. The van der Waals surface area contributed by atoms with Gasteiger partial charge in [-0.15, -0.1) is 16.8 Å². The number of amides is 3. The number of allylic oxidation sites excluding steroid dienone is 1. The van der Waals surface area contributed by atoms with Gasteiger partial charge in [0.15, 0.2) is 11.0 Å². The summed E-state index contributed by atoms with van der Waals surface area (Å²) in [4.78, 5) is 27.1. The summed E-state index contributed by atoms with van der Waals surface area (Å²) in [6.45, 7) is 6.47. The molecule has 0 saturated heterocycles. The van der Waals surface area contributed by atoms with Crippen LogP contribution in [0.2, 0.25) is 0 Å². The Hall–Kier alpha value is -2.68. The summed E-state index contributed by atoms with van der Waals surface area (Å²) in [7, 11) is 0. The maximum atomic E-state index is 11.8. The summed E-state index contributed by atoms with van der Waals surface area (Å²) in [5, 5.41) is 13.6. The molecule has 3 amide bonds. The van der Waals surface area contributed by atoms with Gasteiger partial charge in [0.05, 0.1) is 5.75 Å². The number of hydrogen-bond donors (Lipinski definition) is 2. The Kier molecular flexibility index (Phi) is 6.50. The topological polar surface area (TPSA) is 102 Å². The van der Waals surface area contributed by atoms with E-state index in [4.69, 9.17) is 0 Å².